The highest BCUT2D eigenvalue weighted by Crippen LogP contribution is 2.27. The molecule has 3 heteroatoms. The Morgan fingerprint density at radius 3 is 2.75 bits per heavy atom. The van der Waals surface area contributed by atoms with Crippen molar-refractivity contribution in [2.45, 2.75) is 26.7 Å². The average molecular weight is 170 g/mol. The number of nitrogens with two attached hydrogens (primary N) is 1. The molecule has 0 aromatic carbocycles. The van der Waals surface area contributed by atoms with Crippen LogP contribution in [0.15, 0.2) is 0 Å². The summed E-state index contributed by atoms with van der Waals surface area (Å²) < 4.78 is 0. The predicted molar refractivity (Wildman–Crippen MR) is 48.6 cm³/mol. The number of hydrogen-bond acceptors (Lipinski definition) is 2. The van der Waals surface area contributed by atoms with E-state index in [2.05, 4.69) is 18.7 Å². The Hall–Kier alpha value is -0.570. The fraction of sp³-hybridized carbons (Fsp3) is 0.889. The Morgan fingerprint density at radius 1 is 1.58 bits per heavy atom. The van der Waals surface area contributed by atoms with E-state index < -0.39 is 0 Å². The molecule has 12 heavy (non-hydrogen) atoms. The lowest BCUT2D eigenvalue weighted by Crippen LogP contribution is -2.44. The van der Waals surface area contributed by atoms with Crippen molar-refractivity contribution >= 4 is 5.91 Å². The van der Waals surface area contributed by atoms with Crippen LogP contribution in [-0.4, -0.2) is 30.4 Å². The van der Waals surface area contributed by atoms with Gasteiger partial charge in [0.15, 0.2) is 0 Å². The summed E-state index contributed by atoms with van der Waals surface area (Å²) in [7, 11) is 0. The van der Waals surface area contributed by atoms with Gasteiger partial charge in [0, 0.05) is 6.54 Å². The van der Waals surface area contributed by atoms with Crippen molar-refractivity contribution in [2.75, 3.05) is 19.6 Å². The van der Waals surface area contributed by atoms with E-state index in [4.69, 9.17) is 5.73 Å². The Kier molecular flexibility index (Phi) is 2.73. The van der Waals surface area contributed by atoms with E-state index in [0.717, 1.165) is 13.1 Å². The molecule has 0 bridgehead atoms. The molecule has 0 aromatic heterocycles. The number of carbonyl (C=O) groups excluding carboxylic acids is 1. The normalized spacial score (nSPS) is 23.8. The molecule has 0 radical (unpaired) electrons. The van der Waals surface area contributed by atoms with Gasteiger partial charge in [0.25, 0.3) is 0 Å². The minimum Gasteiger partial charge on any atom is -0.369 e. The van der Waals surface area contributed by atoms with Crippen molar-refractivity contribution in [1.82, 2.24) is 4.90 Å². The van der Waals surface area contributed by atoms with Crippen molar-refractivity contribution in [3.63, 3.8) is 0 Å². The highest BCUT2D eigenvalue weighted by Gasteiger charge is 2.26. The van der Waals surface area contributed by atoms with Crippen molar-refractivity contribution < 1.29 is 4.79 Å². The molecule has 1 aliphatic rings. The third-order valence-electron chi connectivity index (χ3n) is 2.36. The molecule has 3 nitrogen and oxygen atoms in total. The molecule has 0 aromatic rings. The molecule has 2 N–H and O–H groups in total. The van der Waals surface area contributed by atoms with Crippen LogP contribution in [0.3, 0.4) is 0 Å². The van der Waals surface area contributed by atoms with E-state index in [0.29, 0.717) is 12.0 Å². The predicted octanol–water partition coefficient (Wildman–Crippen LogP) is 0.594. The summed E-state index contributed by atoms with van der Waals surface area (Å²) in [5, 5.41) is 0. The first-order chi connectivity index (χ1) is 5.49. The maximum Gasteiger partial charge on any atom is 0.231 e. The maximum absolute atomic E-state index is 10.7. The van der Waals surface area contributed by atoms with Crippen LogP contribution in [0.2, 0.25) is 0 Å². The summed E-state index contributed by atoms with van der Waals surface area (Å²) in [5.41, 5.74) is 5.49. The standard InChI is InChI=1S/C9H18N2O/c1-9(2)4-3-5-11(7-9)6-8(10)12/h3-7H2,1-2H3,(H2,10,12). The fourth-order valence-electron chi connectivity index (χ4n) is 1.90. The number of piperidine rings is 1. The van der Waals surface area contributed by atoms with Gasteiger partial charge in [0.05, 0.1) is 6.54 Å². The fourth-order valence-corrected chi connectivity index (χ4v) is 1.90. The molecule has 1 amide bonds. The molecule has 1 aliphatic heterocycles. The number of amides is 1. The molecule has 0 atom stereocenters. The number of carbonyl (C=O) groups is 1. The van der Waals surface area contributed by atoms with Gasteiger partial charge < -0.3 is 5.73 Å². The smallest absolute Gasteiger partial charge is 0.231 e. The molecule has 0 unspecified atom stereocenters. The number of primary amides is 1. The van der Waals surface area contributed by atoms with Gasteiger partial charge >= 0.3 is 0 Å². The van der Waals surface area contributed by atoms with Crippen LogP contribution in [0.25, 0.3) is 0 Å². The Labute approximate surface area is 73.9 Å². The molecular formula is C9H18N2O. The van der Waals surface area contributed by atoms with Gasteiger partial charge in [-0.25, -0.2) is 0 Å². The molecule has 70 valence electrons. The summed E-state index contributed by atoms with van der Waals surface area (Å²) in [6.07, 6.45) is 2.43. The molecule has 1 rings (SSSR count). The Bertz CT molecular complexity index is 177. The number of hydrogen-bond donors (Lipinski definition) is 1. The summed E-state index contributed by atoms with van der Waals surface area (Å²) >= 11 is 0. The third-order valence-corrected chi connectivity index (χ3v) is 2.36. The zero-order valence-electron chi connectivity index (χ0n) is 7.97. The number of likely N-dealkylation sites (tertiary alicyclic amines) is 1. The van der Waals surface area contributed by atoms with Gasteiger partial charge in [0.2, 0.25) is 5.91 Å². The van der Waals surface area contributed by atoms with Gasteiger partial charge in [-0.2, -0.15) is 0 Å². The summed E-state index contributed by atoms with van der Waals surface area (Å²) in [6.45, 7) is 6.91. The summed E-state index contributed by atoms with van der Waals surface area (Å²) in [6, 6.07) is 0. The second-order valence-corrected chi connectivity index (χ2v) is 4.44. The van der Waals surface area contributed by atoms with E-state index in [9.17, 15) is 4.79 Å². The first kappa shape index (κ1) is 9.52. The minimum atomic E-state index is -0.215. The van der Waals surface area contributed by atoms with E-state index in [1.807, 2.05) is 0 Å². The van der Waals surface area contributed by atoms with E-state index in [-0.39, 0.29) is 5.91 Å². The van der Waals surface area contributed by atoms with Crippen LogP contribution >= 0.6 is 0 Å². The molecule has 1 heterocycles. The first-order valence-corrected chi connectivity index (χ1v) is 4.50. The van der Waals surface area contributed by atoms with Crippen LogP contribution in [0.5, 0.6) is 0 Å². The molecular weight excluding hydrogens is 152 g/mol. The minimum absolute atomic E-state index is 0.215. The second kappa shape index (κ2) is 3.44. The van der Waals surface area contributed by atoms with E-state index in [1.165, 1.54) is 12.8 Å². The molecule has 0 aliphatic carbocycles. The maximum atomic E-state index is 10.7. The van der Waals surface area contributed by atoms with Crippen molar-refractivity contribution in [1.29, 1.82) is 0 Å². The molecule has 0 saturated carbocycles. The van der Waals surface area contributed by atoms with Gasteiger partial charge in [-0.3, -0.25) is 9.69 Å². The lowest BCUT2D eigenvalue weighted by Gasteiger charge is -2.37. The Balaban J connectivity index is 2.41. The van der Waals surface area contributed by atoms with E-state index >= 15 is 0 Å². The quantitative estimate of drug-likeness (QED) is 0.659. The van der Waals surface area contributed by atoms with Gasteiger partial charge in [-0.1, -0.05) is 13.8 Å². The summed E-state index contributed by atoms with van der Waals surface area (Å²) in [4.78, 5) is 12.8. The third kappa shape index (κ3) is 2.81. The molecule has 1 fully saturated rings. The molecule has 0 spiro atoms. The summed E-state index contributed by atoms with van der Waals surface area (Å²) in [5.74, 6) is -0.215. The van der Waals surface area contributed by atoms with Crippen LogP contribution < -0.4 is 5.73 Å². The van der Waals surface area contributed by atoms with Gasteiger partial charge in [0.1, 0.15) is 0 Å². The topological polar surface area (TPSA) is 46.3 Å². The zero-order valence-corrected chi connectivity index (χ0v) is 7.97. The largest absolute Gasteiger partial charge is 0.369 e. The van der Waals surface area contributed by atoms with E-state index in [1.54, 1.807) is 0 Å². The van der Waals surface area contributed by atoms with Gasteiger partial charge in [-0.15, -0.1) is 0 Å². The average Bonchev–Trinajstić information content (AvgIpc) is 1.82. The lowest BCUT2D eigenvalue weighted by atomic mass is 9.84. The lowest BCUT2D eigenvalue weighted by molar-refractivity contribution is -0.119. The van der Waals surface area contributed by atoms with Crippen molar-refractivity contribution in [3.05, 3.63) is 0 Å². The van der Waals surface area contributed by atoms with Gasteiger partial charge in [-0.05, 0) is 24.8 Å². The number of nitrogens with zero attached hydrogens (tertiary/aromatic N) is 1. The SMILES string of the molecule is CC1(C)CCCN(CC(N)=O)C1. The molecule has 1 saturated heterocycles. The first-order valence-electron chi connectivity index (χ1n) is 4.50. The Morgan fingerprint density at radius 2 is 2.25 bits per heavy atom. The van der Waals surface area contributed by atoms with Crippen molar-refractivity contribution in [2.24, 2.45) is 11.1 Å². The highest BCUT2D eigenvalue weighted by atomic mass is 16.1. The van der Waals surface area contributed by atoms with Crippen LogP contribution in [-0.2, 0) is 4.79 Å². The van der Waals surface area contributed by atoms with Crippen LogP contribution in [0.1, 0.15) is 26.7 Å². The highest BCUT2D eigenvalue weighted by molar-refractivity contribution is 5.75. The number of rotatable bonds is 2. The van der Waals surface area contributed by atoms with Crippen molar-refractivity contribution in [3.8, 4) is 0 Å². The zero-order chi connectivity index (χ0) is 9.19. The van der Waals surface area contributed by atoms with Crippen LogP contribution in [0, 0.1) is 5.41 Å². The second-order valence-electron chi connectivity index (χ2n) is 4.44. The van der Waals surface area contributed by atoms with Crippen LogP contribution in [0.4, 0.5) is 0 Å². The monoisotopic (exact) mass is 170 g/mol.